The molecule has 2 rings (SSSR count). The van der Waals surface area contributed by atoms with E-state index in [1.807, 2.05) is 32.0 Å². The summed E-state index contributed by atoms with van der Waals surface area (Å²) in [4.78, 5) is 24.2. The number of ether oxygens (including phenoxy) is 3. The lowest BCUT2D eigenvalue weighted by Gasteiger charge is -2.13. The fraction of sp³-hybridized carbons (Fsp3) is 0.400. The largest absolute Gasteiger partial charge is 0.491 e. The molecule has 27 heavy (non-hydrogen) atoms. The average Bonchev–Trinajstić information content (AvgIpc) is 2.66. The average molecular weight is 374 g/mol. The van der Waals surface area contributed by atoms with Gasteiger partial charge in [-0.3, -0.25) is 9.59 Å². The van der Waals surface area contributed by atoms with Crippen molar-refractivity contribution < 1.29 is 19.0 Å². The first-order valence-corrected chi connectivity index (χ1v) is 8.97. The molecule has 0 unspecified atom stereocenters. The summed E-state index contributed by atoms with van der Waals surface area (Å²) in [5.41, 5.74) is 0.698. The third kappa shape index (κ3) is 5.77. The number of carbonyl (C=O) groups is 1. The van der Waals surface area contributed by atoms with Crippen LogP contribution < -0.4 is 25.1 Å². The van der Waals surface area contributed by atoms with Crippen LogP contribution in [0.15, 0.2) is 41.3 Å². The van der Waals surface area contributed by atoms with E-state index >= 15 is 0 Å². The number of rotatable bonds is 10. The molecular weight excluding hydrogens is 348 g/mol. The lowest BCUT2D eigenvalue weighted by Crippen LogP contribution is -2.33. The molecule has 1 heterocycles. The first kappa shape index (κ1) is 20.4. The van der Waals surface area contributed by atoms with Crippen LogP contribution in [-0.2, 0) is 17.8 Å². The van der Waals surface area contributed by atoms with Crippen LogP contribution in [0.3, 0.4) is 0 Å². The molecule has 1 amide bonds. The number of methoxy groups -OCH3 is 1. The molecule has 0 saturated carbocycles. The zero-order valence-corrected chi connectivity index (χ0v) is 16.0. The van der Waals surface area contributed by atoms with E-state index in [-0.39, 0.29) is 23.8 Å². The number of nitrogens with zero attached hydrogens (tertiary/aromatic N) is 1. The van der Waals surface area contributed by atoms with Gasteiger partial charge < -0.3 is 24.1 Å². The predicted octanol–water partition coefficient (Wildman–Crippen LogP) is 2.01. The molecule has 0 aliphatic heterocycles. The van der Waals surface area contributed by atoms with E-state index < -0.39 is 0 Å². The van der Waals surface area contributed by atoms with Gasteiger partial charge in [0.2, 0.25) is 5.91 Å². The third-order valence-electron chi connectivity index (χ3n) is 3.86. The minimum atomic E-state index is -0.331. The zero-order valence-electron chi connectivity index (χ0n) is 16.0. The molecule has 7 heteroatoms. The van der Waals surface area contributed by atoms with Crippen molar-refractivity contribution in [1.82, 2.24) is 9.88 Å². The molecule has 0 spiro atoms. The summed E-state index contributed by atoms with van der Waals surface area (Å²) in [7, 11) is 1.43. The van der Waals surface area contributed by atoms with Gasteiger partial charge in [0, 0.05) is 12.7 Å². The van der Waals surface area contributed by atoms with E-state index in [9.17, 15) is 9.59 Å². The molecule has 0 atom stereocenters. The van der Waals surface area contributed by atoms with Crippen molar-refractivity contribution in [3.05, 3.63) is 52.4 Å². The Morgan fingerprint density at radius 2 is 1.81 bits per heavy atom. The van der Waals surface area contributed by atoms with Gasteiger partial charge in [0.15, 0.2) is 17.2 Å². The number of carbonyl (C=O) groups excluding carboxylic acids is 1. The van der Waals surface area contributed by atoms with E-state index in [1.165, 1.54) is 11.7 Å². The van der Waals surface area contributed by atoms with E-state index in [4.69, 9.17) is 14.2 Å². The second-order valence-electron chi connectivity index (χ2n) is 5.76. The van der Waals surface area contributed by atoms with Crippen LogP contribution in [0.4, 0.5) is 0 Å². The SMILES string of the molecule is CCOc1ccc(CCNC(=O)Cn2cccc(OC)c2=O)cc1OCC. The van der Waals surface area contributed by atoms with Crippen LogP contribution >= 0.6 is 0 Å². The van der Waals surface area contributed by atoms with Crippen molar-refractivity contribution in [1.29, 1.82) is 0 Å². The van der Waals surface area contributed by atoms with Gasteiger partial charge in [-0.15, -0.1) is 0 Å². The number of amides is 1. The molecule has 0 fully saturated rings. The van der Waals surface area contributed by atoms with Crippen molar-refractivity contribution in [3.8, 4) is 17.2 Å². The lowest BCUT2D eigenvalue weighted by atomic mass is 10.1. The Bertz CT molecular complexity index is 816. The topological polar surface area (TPSA) is 78.8 Å². The van der Waals surface area contributed by atoms with Gasteiger partial charge in [-0.2, -0.15) is 0 Å². The standard InChI is InChI=1S/C20H26N2O5/c1-4-26-16-9-8-15(13-18(16)27-5-2)10-11-21-19(23)14-22-12-6-7-17(25-3)20(22)24/h6-9,12-13H,4-5,10-11,14H2,1-3H3,(H,21,23). The molecule has 1 N–H and O–H groups in total. The van der Waals surface area contributed by atoms with Gasteiger partial charge in [-0.05, 0) is 50.1 Å². The van der Waals surface area contributed by atoms with E-state index in [0.29, 0.717) is 37.7 Å². The van der Waals surface area contributed by atoms with Gasteiger partial charge in [-0.25, -0.2) is 0 Å². The second kappa shape index (κ2) is 10.3. The van der Waals surface area contributed by atoms with Crippen LogP contribution in [0.2, 0.25) is 0 Å². The number of hydrogen-bond donors (Lipinski definition) is 1. The highest BCUT2D eigenvalue weighted by Gasteiger charge is 2.09. The number of aromatic nitrogens is 1. The Kier molecular flexibility index (Phi) is 7.73. The molecule has 0 saturated heterocycles. The third-order valence-corrected chi connectivity index (χ3v) is 3.86. The summed E-state index contributed by atoms with van der Waals surface area (Å²) < 4.78 is 17.5. The monoisotopic (exact) mass is 374 g/mol. The summed E-state index contributed by atoms with van der Waals surface area (Å²) in [5.74, 6) is 1.39. The molecule has 0 aliphatic carbocycles. The zero-order chi connectivity index (χ0) is 19.6. The Balaban J connectivity index is 1.91. The molecule has 0 bridgehead atoms. The minimum Gasteiger partial charge on any atom is -0.491 e. The molecule has 0 radical (unpaired) electrons. The number of pyridine rings is 1. The van der Waals surface area contributed by atoms with Gasteiger partial charge >= 0.3 is 0 Å². The predicted molar refractivity (Wildman–Crippen MR) is 103 cm³/mol. The van der Waals surface area contributed by atoms with Gasteiger partial charge in [0.25, 0.3) is 5.56 Å². The summed E-state index contributed by atoms with van der Waals surface area (Å²) in [6.07, 6.45) is 2.20. The van der Waals surface area contributed by atoms with Gasteiger partial charge in [0.05, 0.1) is 20.3 Å². The number of nitrogens with one attached hydrogen (secondary N) is 1. The molecular formula is C20H26N2O5. The Hall–Kier alpha value is -2.96. The Labute approximate surface area is 158 Å². The first-order chi connectivity index (χ1) is 13.1. The van der Waals surface area contributed by atoms with E-state index in [2.05, 4.69) is 5.32 Å². The Morgan fingerprint density at radius 1 is 1.07 bits per heavy atom. The summed E-state index contributed by atoms with van der Waals surface area (Å²) >= 11 is 0. The molecule has 0 aliphatic rings. The molecule has 7 nitrogen and oxygen atoms in total. The normalized spacial score (nSPS) is 10.3. The maximum atomic E-state index is 12.1. The first-order valence-electron chi connectivity index (χ1n) is 8.97. The summed E-state index contributed by atoms with van der Waals surface area (Å²) in [5, 5.41) is 2.82. The highest BCUT2D eigenvalue weighted by molar-refractivity contribution is 5.75. The van der Waals surface area contributed by atoms with Crippen molar-refractivity contribution >= 4 is 5.91 Å². The smallest absolute Gasteiger partial charge is 0.293 e. The fourth-order valence-corrected chi connectivity index (χ4v) is 2.60. The van der Waals surface area contributed by atoms with Crippen molar-refractivity contribution in [2.45, 2.75) is 26.8 Å². The minimum absolute atomic E-state index is 0.0521. The van der Waals surface area contributed by atoms with Crippen LogP contribution in [0.1, 0.15) is 19.4 Å². The van der Waals surface area contributed by atoms with E-state index in [1.54, 1.807) is 18.3 Å². The lowest BCUT2D eigenvalue weighted by molar-refractivity contribution is -0.121. The highest BCUT2D eigenvalue weighted by Crippen LogP contribution is 2.28. The molecule has 1 aromatic heterocycles. The highest BCUT2D eigenvalue weighted by atomic mass is 16.5. The number of benzene rings is 1. The van der Waals surface area contributed by atoms with E-state index in [0.717, 1.165) is 5.56 Å². The number of hydrogen-bond acceptors (Lipinski definition) is 5. The van der Waals surface area contributed by atoms with Gasteiger partial charge in [0.1, 0.15) is 6.54 Å². The van der Waals surface area contributed by atoms with Crippen LogP contribution in [0.25, 0.3) is 0 Å². The molecule has 2 aromatic rings. The maximum Gasteiger partial charge on any atom is 0.293 e. The molecule has 146 valence electrons. The Morgan fingerprint density at radius 3 is 2.52 bits per heavy atom. The summed E-state index contributed by atoms with van der Waals surface area (Å²) in [6, 6.07) is 8.99. The van der Waals surface area contributed by atoms with Crippen molar-refractivity contribution in [3.63, 3.8) is 0 Å². The molecule has 1 aromatic carbocycles. The van der Waals surface area contributed by atoms with Crippen molar-refractivity contribution in [2.75, 3.05) is 26.9 Å². The fourth-order valence-electron chi connectivity index (χ4n) is 2.60. The van der Waals surface area contributed by atoms with Crippen molar-refractivity contribution in [2.24, 2.45) is 0 Å². The van der Waals surface area contributed by atoms with Crippen LogP contribution in [-0.4, -0.2) is 37.3 Å². The van der Waals surface area contributed by atoms with Crippen LogP contribution in [0.5, 0.6) is 17.2 Å². The maximum absolute atomic E-state index is 12.1. The van der Waals surface area contributed by atoms with Crippen LogP contribution in [0, 0.1) is 0 Å². The van der Waals surface area contributed by atoms with Gasteiger partial charge in [-0.1, -0.05) is 6.07 Å². The second-order valence-corrected chi connectivity index (χ2v) is 5.76. The summed E-state index contributed by atoms with van der Waals surface area (Å²) in [6.45, 7) is 5.37. The quantitative estimate of drug-likeness (QED) is 0.688.